The molecule has 2 saturated heterocycles. The summed E-state index contributed by atoms with van der Waals surface area (Å²) in [4.78, 5) is 34.1. The minimum absolute atomic E-state index is 0.202. The molecule has 5 nitrogen and oxygen atoms in total. The molecular formula is C24H18Cl2N2O3. The second-order valence-corrected chi connectivity index (χ2v) is 8.47. The third-order valence-electron chi connectivity index (χ3n) is 5.71. The molecule has 7 heteroatoms. The van der Waals surface area contributed by atoms with Gasteiger partial charge in [0.05, 0.1) is 27.5 Å². The van der Waals surface area contributed by atoms with Crippen LogP contribution in [0.1, 0.15) is 17.2 Å². The Labute approximate surface area is 189 Å². The Bertz CT molecular complexity index is 1150. The van der Waals surface area contributed by atoms with Crippen LogP contribution >= 0.6 is 23.2 Å². The largest absolute Gasteiger partial charge is 0.273 e. The predicted octanol–water partition coefficient (Wildman–Crippen LogP) is 5.35. The molecule has 2 fully saturated rings. The molecule has 156 valence electrons. The van der Waals surface area contributed by atoms with Crippen LogP contribution in [0.4, 0.5) is 11.4 Å². The maximum absolute atomic E-state index is 13.6. The molecule has 0 aromatic heterocycles. The molecule has 0 aliphatic carbocycles. The number of para-hydroxylation sites is 2. The van der Waals surface area contributed by atoms with Crippen molar-refractivity contribution in [1.82, 2.24) is 0 Å². The van der Waals surface area contributed by atoms with Gasteiger partial charge in [-0.1, -0.05) is 77.3 Å². The van der Waals surface area contributed by atoms with E-state index in [2.05, 4.69) is 0 Å². The molecule has 2 aliphatic rings. The number of carbonyl (C=O) groups excluding carboxylic acids is 2. The normalized spacial score (nSPS) is 22.9. The van der Waals surface area contributed by atoms with Crippen molar-refractivity contribution in [2.24, 2.45) is 5.92 Å². The van der Waals surface area contributed by atoms with E-state index in [0.29, 0.717) is 0 Å². The first-order valence-corrected chi connectivity index (χ1v) is 10.6. The summed E-state index contributed by atoms with van der Waals surface area (Å²) >= 11 is 12.6. The zero-order valence-electron chi connectivity index (χ0n) is 16.5. The molecule has 3 aromatic rings. The number of imide groups is 1. The van der Waals surface area contributed by atoms with Crippen LogP contribution in [0.3, 0.4) is 0 Å². The van der Waals surface area contributed by atoms with E-state index in [0.717, 1.165) is 21.7 Å². The van der Waals surface area contributed by atoms with Gasteiger partial charge in [-0.15, -0.1) is 0 Å². The fourth-order valence-electron chi connectivity index (χ4n) is 4.24. The van der Waals surface area contributed by atoms with Gasteiger partial charge in [0.25, 0.3) is 5.91 Å². The minimum atomic E-state index is -0.966. The lowest BCUT2D eigenvalue weighted by molar-refractivity contribution is -0.126. The number of amides is 2. The summed E-state index contributed by atoms with van der Waals surface area (Å²) in [6, 6.07) is 21.7. The number of hydroxylamine groups is 1. The molecule has 0 saturated carbocycles. The van der Waals surface area contributed by atoms with Crippen LogP contribution in [0.25, 0.3) is 0 Å². The van der Waals surface area contributed by atoms with E-state index in [9.17, 15) is 9.59 Å². The summed E-state index contributed by atoms with van der Waals surface area (Å²) in [7, 11) is 0. The molecule has 5 rings (SSSR count). The number of benzene rings is 3. The van der Waals surface area contributed by atoms with E-state index in [-0.39, 0.29) is 21.6 Å². The van der Waals surface area contributed by atoms with E-state index in [1.807, 2.05) is 61.5 Å². The molecule has 3 aromatic carbocycles. The molecule has 0 N–H and O–H groups in total. The number of anilines is 2. The number of hydrogen-bond donors (Lipinski definition) is 0. The van der Waals surface area contributed by atoms with Crippen LogP contribution in [-0.2, 0) is 14.4 Å². The van der Waals surface area contributed by atoms with E-state index < -0.39 is 24.0 Å². The standard InChI is InChI=1S/C24H18Cl2N2O3/c1-14-10-12-15(13-11-14)20-19-22(31-28(20)16-6-3-2-4-7-16)24(30)27(23(19)29)21-17(25)8-5-9-18(21)26/h2-13,19-20,22H,1H3/t19-,20-,22-/m1/s1. The number of halogens is 2. The molecule has 2 amide bonds. The summed E-state index contributed by atoms with van der Waals surface area (Å²) in [5.74, 6) is -1.59. The van der Waals surface area contributed by atoms with Crippen molar-refractivity contribution in [2.75, 3.05) is 9.96 Å². The van der Waals surface area contributed by atoms with Gasteiger partial charge >= 0.3 is 0 Å². The number of fused-ring (bicyclic) bond motifs is 1. The third kappa shape index (κ3) is 3.21. The molecule has 0 unspecified atom stereocenters. The van der Waals surface area contributed by atoms with Crippen molar-refractivity contribution >= 4 is 46.4 Å². The zero-order chi connectivity index (χ0) is 21.7. The van der Waals surface area contributed by atoms with Crippen molar-refractivity contribution in [3.63, 3.8) is 0 Å². The molecule has 0 radical (unpaired) electrons. The van der Waals surface area contributed by atoms with Crippen LogP contribution in [0.15, 0.2) is 72.8 Å². The Hall–Kier alpha value is -2.86. The Kier molecular flexibility index (Phi) is 4.97. The molecule has 2 aliphatic heterocycles. The highest BCUT2D eigenvalue weighted by atomic mass is 35.5. The zero-order valence-corrected chi connectivity index (χ0v) is 18.0. The van der Waals surface area contributed by atoms with Crippen LogP contribution in [0.5, 0.6) is 0 Å². The summed E-state index contributed by atoms with van der Waals surface area (Å²) in [5, 5.41) is 2.14. The van der Waals surface area contributed by atoms with Gasteiger partial charge in [-0.2, -0.15) is 0 Å². The fourth-order valence-corrected chi connectivity index (χ4v) is 4.81. The second-order valence-electron chi connectivity index (χ2n) is 7.65. The second kappa shape index (κ2) is 7.68. The van der Waals surface area contributed by atoms with Crippen LogP contribution in [0.2, 0.25) is 10.0 Å². The average Bonchev–Trinajstić information content (AvgIpc) is 3.27. The molecule has 2 heterocycles. The third-order valence-corrected chi connectivity index (χ3v) is 6.32. The molecule has 31 heavy (non-hydrogen) atoms. The van der Waals surface area contributed by atoms with Gasteiger partial charge in [0, 0.05) is 0 Å². The minimum Gasteiger partial charge on any atom is -0.273 e. The van der Waals surface area contributed by atoms with Crippen LogP contribution in [-0.4, -0.2) is 17.9 Å². The van der Waals surface area contributed by atoms with Gasteiger partial charge in [0.1, 0.15) is 5.92 Å². The van der Waals surface area contributed by atoms with Crippen molar-refractivity contribution in [2.45, 2.75) is 19.1 Å². The summed E-state index contributed by atoms with van der Waals surface area (Å²) in [6.45, 7) is 2.00. The van der Waals surface area contributed by atoms with Gasteiger partial charge in [0.15, 0.2) is 6.10 Å². The highest BCUT2D eigenvalue weighted by Crippen LogP contribution is 2.49. The number of nitrogens with zero attached hydrogens (tertiary/aromatic N) is 2. The van der Waals surface area contributed by atoms with Crippen molar-refractivity contribution in [3.8, 4) is 0 Å². The predicted molar refractivity (Wildman–Crippen MR) is 120 cm³/mol. The summed E-state index contributed by atoms with van der Waals surface area (Å²) < 4.78 is 0. The number of aryl methyl sites for hydroxylation is 1. The van der Waals surface area contributed by atoms with Crippen LogP contribution in [0, 0.1) is 12.8 Å². The van der Waals surface area contributed by atoms with Crippen molar-refractivity contribution in [1.29, 1.82) is 0 Å². The Morgan fingerprint density at radius 2 is 1.45 bits per heavy atom. The van der Waals surface area contributed by atoms with Crippen molar-refractivity contribution < 1.29 is 14.4 Å². The smallest absolute Gasteiger partial charge is 0.266 e. The molecular weight excluding hydrogens is 435 g/mol. The Balaban J connectivity index is 1.61. The summed E-state index contributed by atoms with van der Waals surface area (Å²) in [6.07, 6.45) is -0.966. The highest BCUT2D eigenvalue weighted by Gasteiger charge is 2.60. The van der Waals surface area contributed by atoms with Gasteiger partial charge in [-0.25, -0.2) is 9.96 Å². The van der Waals surface area contributed by atoms with E-state index in [4.69, 9.17) is 28.0 Å². The van der Waals surface area contributed by atoms with E-state index >= 15 is 0 Å². The first-order valence-electron chi connectivity index (χ1n) is 9.87. The lowest BCUT2D eigenvalue weighted by Crippen LogP contribution is -2.37. The van der Waals surface area contributed by atoms with Crippen molar-refractivity contribution in [3.05, 3.63) is 94.0 Å². The van der Waals surface area contributed by atoms with E-state index in [1.54, 1.807) is 23.3 Å². The van der Waals surface area contributed by atoms with Gasteiger partial charge < -0.3 is 0 Å². The molecule has 3 atom stereocenters. The van der Waals surface area contributed by atoms with Gasteiger partial charge in [0.2, 0.25) is 5.91 Å². The lowest BCUT2D eigenvalue weighted by atomic mass is 9.90. The van der Waals surface area contributed by atoms with Gasteiger partial charge in [-0.05, 0) is 36.8 Å². The molecule has 0 bridgehead atoms. The number of carbonyl (C=O) groups is 2. The monoisotopic (exact) mass is 452 g/mol. The first-order chi connectivity index (χ1) is 15.0. The maximum atomic E-state index is 13.6. The van der Waals surface area contributed by atoms with Gasteiger partial charge in [-0.3, -0.25) is 14.4 Å². The topological polar surface area (TPSA) is 49.9 Å². The Morgan fingerprint density at radius 3 is 2.10 bits per heavy atom. The van der Waals surface area contributed by atoms with Crippen LogP contribution < -0.4 is 9.96 Å². The summed E-state index contributed by atoms with van der Waals surface area (Å²) in [5.41, 5.74) is 2.96. The van der Waals surface area contributed by atoms with E-state index in [1.165, 1.54) is 0 Å². The highest BCUT2D eigenvalue weighted by molar-refractivity contribution is 6.42. The lowest BCUT2D eigenvalue weighted by Gasteiger charge is -2.29. The molecule has 0 spiro atoms. The average molecular weight is 453 g/mol. The SMILES string of the molecule is Cc1ccc([C@@H]2[C@H]3C(=O)N(c4c(Cl)cccc4Cl)C(=O)[C@@H]3ON2c2ccccc2)cc1. The first kappa shape index (κ1) is 20.1. The quantitative estimate of drug-likeness (QED) is 0.502. The Morgan fingerprint density at radius 1 is 0.806 bits per heavy atom. The number of hydrogen-bond acceptors (Lipinski definition) is 4. The number of rotatable bonds is 3. The maximum Gasteiger partial charge on any atom is 0.266 e. The fraction of sp³-hybridized carbons (Fsp3) is 0.167.